The van der Waals surface area contributed by atoms with E-state index in [1.807, 2.05) is 18.2 Å². The van der Waals surface area contributed by atoms with Crippen LogP contribution in [0.3, 0.4) is 0 Å². The van der Waals surface area contributed by atoms with Gasteiger partial charge >= 0.3 is 0 Å². The smallest absolute Gasteiger partial charge is 0.109 e. The number of thiocarbonyl (C=S) groups is 1. The van der Waals surface area contributed by atoms with Crippen molar-refractivity contribution in [2.75, 3.05) is 13.1 Å². The minimum absolute atomic E-state index is 0.861. The van der Waals surface area contributed by atoms with Gasteiger partial charge in [0.05, 0.1) is 0 Å². The minimum Gasteiger partial charge on any atom is -0.362 e. The highest BCUT2D eigenvalue weighted by Crippen LogP contribution is 2.18. The van der Waals surface area contributed by atoms with Gasteiger partial charge in [-0.05, 0) is 18.8 Å². The first kappa shape index (κ1) is 10.6. The molecule has 0 aliphatic carbocycles. The van der Waals surface area contributed by atoms with E-state index >= 15 is 0 Å². The monoisotopic (exact) mass is 219 g/mol. The Kier molecular flexibility index (Phi) is 3.37. The molecule has 80 valence electrons. The average Bonchev–Trinajstić information content (AvgIpc) is 2.30. The molecule has 2 rings (SSSR count). The van der Waals surface area contributed by atoms with Gasteiger partial charge in [-0.3, -0.25) is 0 Å². The van der Waals surface area contributed by atoms with Crippen molar-refractivity contribution in [1.82, 2.24) is 4.90 Å². The van der Waals surface area contributed by atoms with E-state index in [0.717, 1.165) is 24.0 Å². The fourth-order valence-corrected chi connectivity index (χ4v) is 2.29. The highest BCUT2D eigenvalue weighted by atomic mass is 32.1. The van der Waals surface area contributed by atoms with E-state index in [9.17, 15) is 0 Å². The molecule has 0 radical (unpaired) electrons. The zero-order valence-electron chi connectivity index (χ0n) is 9.15. The Morgan fingerprint density at radius 3 is 2.40 bits per heavy atom. The van der Waals surface area contributed by atoms with Crippen LogP contribution in [0.25, 0.3) is 0 Å². The summed E-state index contributed by atoms with van der Waals surface area (Å²) in [6.07, 6.45) is 2.54. The molecule has 1 heterocycles. The van der Waals surface area contributed by atoms with Gasteiger partial charge in [0.25, 0.3) is 0 Å². The van der Waals surface area contributed by atoms with E-state index < -0.39 is 0 Å². The minimum atomic E-state index is 0.861. The quantitative estimate of drug-likeness (QED) is 0.668. The Balaban J connectivity index is 2.03. The van der Waals surface area contributed by atoms with Gasteiger partial charge in [-0.2, -0.15) is 0 Å². The highest BCUT2D eigenvalue weighted by molar-refractivity contribution is 7.80. The lowest BCUT2D eigenvalue weighted by Crippen LogP contribution is -2.37. The van der Waals surface area contributed by atoms with Crippen molar-refractivity contribution < 1.29 is 0 Å². The Labute approximate surface area is 97.1 Å². The van der Waals surface area contributed by atoms with Gasteiger partial charge in [-0.1, -0.05) is 49.5 Å². The molecule has 1 nitrogen and oxygen atoms in total. The van der Waals surface area contributed by atoms with Crippen LogP contribution in [-0.4, -0.2) is 23.0 Å². The van der Waals surface area contributed by atoms with E-state index in [4.69, 9.17) is 12.2 Å². The van der Waals surface area contributed by atoms with Gasteiger partial charge in [0.15, 0.2) is 0 Å². The van der Waals surface area contributed by atoms with Gasteiger partial charge in [-0.15, -0.1) is 0 Å². The Morgan fingerprint density at radius 1 is 1.20 bits per heavy atom. The predicted octanol–water partition coefficient (Wildman–Crippen LogP) is 3.09. The Morgan fingerprint density at radius 2 is 1.80 bits per heavy atom. The summed E-state index contributed by atoms with van der Waals surface area (Å²) >= 11 is 5.51. The van der Waals surface area contributed by atoms with Gasteiger partial charge in [-0.25, -0.2) is 0 Å². The molecule has 1 fully saturated rings. The largest absolute Gasteiger partial charge is 0.362 e. The SMILES string of the molecule is CC1CCN(C(=S)c2ccccc2)CC1. The molecule has 0 spiro atoms. The molecule has 0 saturated carbocycles. The summed E-state index contributed by atoms with van der Waals surface area (Å²) < 4.78 is 0. The fraction of sp³-hybridized carbons (Fsp3) is 0.462. The van der Waals surface area contributed by atoms with Crippen molar-refractivity contribution in [3.63, 3.8) is 0 Å². The molecule has 1 saturated heterocycles. The lowest BCUT2D eigenvalue weighted by molar-refractivity contribution is 0.284. The molecule has 1 aromatic rings. The molecule has 0 amide bonds. The maximum Gasteiger partial charge on any atom is 0.109 e. The van der Waals surface area contributed by atoms with Crippen LogP contribution in [0.4, 0.5) is 0 Å². The van der Waals surface area contributed by atoms with Crippen LogP contribution in [-0.2, 0) is 0 Å². The summed E-state index contributed by atoms with van der Waals surface area (Å²) in [5.74, 6) is 0.861. The first-order valence-electron chi connectivity index (χ1n) is 5.61. The Bertz CT molecular complexity index is 326. The van der Waals surface area contributed by atoms with Crippen molar-refractivity contribution >= 4 is 17.2 Å². The number of hydrogen-bond acceptors (Lipinski definition) is 1. The first-order chi connectivity index (χ1) is 7.27. The van der Waals surface area contributed by atoms with Crippen molar-refractivity contribution in [1.29, 1.82) is 0 Å². The van der Waals surface area contributed by atoms with Crippen molar-refractivity contribution in [3.8, 4) is 0 Å². The van der Waals surface area contributed by atoms with Gasteiger partial charge in [0, 0.05) is 18.7 Å². The molecule has 0 N–H and O–H groups in total. The van der Waals surface area contributed by atoms with Crippen molar-refractivity contribution in [3.05, 3.63) is 35.9 Å². The summed E-state index contributed by atoms with van der Waals surface area (Å²) in [6, 6.07) is 10.3. The highest BCUT2D eigenvalue weighted by Gasteiger charge is 2.18. The molecule has 1 aliphatic heterocycles. The number of benzene rings is 1. The van der Waals surface area contributed by atoms with Gasteiger partial charge in [0.1, 0.15) is 4.99 Å². The van der Waals surface area contributed by atoms with Crippen LogP contribution in [0, 0.1) is 5.92 Å². The normalized spacial score (nSPS) is 17.8. The standard InChI is InChI=1S/C13H17NS/c1-11-7-9-14(10-8-11)13(15)12-5-3-2-4-6-12/h2-6,11H,7-10H2,1H3. The molecule has 0 unspecified atom stereocenters. The molecular formula is C13H17NS. The topological polar surface area (TPSA) is 3.24 Å². The molecule has 1 aromatic carbocycles. The average molecular weight is 219 g/mol. The van der Waals surface area contributed by atoms with Crippen molar-refractivity contribution in [2.45, 2.75) is 19.8 Å². The molecular weight excluding hydrogens is 202 g/mol. The summed E-state index contributed by atoms with van der Waals surface area (Å²) in [7, 11) is 0. The Hall–Kier alpha value is -0.890. The molecule has 2 heteroatoms. The second-order valence-electron chi connectivity index (χ2n) is 4.34. The third kappa shape index (κ3) is 2.57. The summed E-state index contributed by atoms with van der Waals surface area (Å²) in [5.41, 5.74) is 1.18. The lowest BCUT2D eigenvalue weighted by Gasteiger charge is -2.32. The van der Waals surface area contributed by atoms with Crippen LogP contribution >= 0.6 is 12.2 Å². The molecule has 0 aromatic heterocycles. The second kappa shape index (κ2) is 4.75. The number of piperidine rings is 1. The van der Waals surface area contributed by atoms with E-state index in [1.54, 1.807) is 0 Å². The third-order valence-electron chi connectivity index (χ3n) is 3.09. The molecule has 15 heavy (non-hydrogen) atoms. The maximum atomic E-state index is 5.51. The van der Waals surface area contributed by atoms with Crippen LogP contribution in [0.2, 0.25) is 0 Å². The molecule has 1 aliphatic rings. The van der Waals surface area contributed by atoms with Crippen molar-refractivity contribution in [2.24, 2.45) is 5.92 Å². The van der Waals surface area contributed by atoms with Gasteiger partial charge in [0.2, 0.25) is 0 Å². The number of rotatable bonds is 1. The van der Waals surface area contributed by atoms with E-state index in [1.165, 1.54) is 18.4 Å². The van der Waals surface area contributed by atoms with Crippen LogP contribution in [0.15, 0.2) is 30.3 Å². The maximum absolute atomic E-state index is 5.51. The molecule has 0 bridgehead atoms. The lowest BCUT2D eigenvalue weighted by atomic mass is 9.99. The van der Waals surface area contributed by atoms with E-state index in [0.29, 0.717) is 0 Å². The number of nitrogens with zero attached hydrogens (tertiary/aromatic N) is 1. The van der Waals surface area contributed by atoms with E-state index in [-0.39, 0.29) is 0 Å². The van der Waals surface area contributed by atoms with Gasteiger partial charge < -0.3 is 4.90 Å². The molecule has 0 atom stereocenters. The van der Waals surface area contributed by atoms with E-state index in [2.05, 4.69) is 24.0 Å². The zero-order valence-corrected chi connectivity index (χ0v) is 9.96. The predicted molar refractivity (Wildman–Crippen MR) is 68.1 cm³/mol. The number of likely N-dealkylation sites (tertiary alicyclic amines) is 1. The zero-order chi connectivity index (χ0) is 10.7. The summed E-state index contributed by atoms with van der Waals surface area (Å²) in [6.45, 7) is 4.56. The summed E-state index contributed by atoms with van der Waals surface area (Å²) in [5, 5.41) is 0. The van der Waals surface area contributed by atoms with Crippen LogP contribution in [0.5, 0.6) is 0 Å². The van der Waals surface area contributed by atoms with Crippen LogP contribution in [0.1, 0.15) is 25.3 Å². The second-order valence-corrected chi connectivity index (χ2v) is 4.73. The first-order valence-corrected chi connectivity index (χ1v) is 6.02. The van der Waals surface area contributed by atoms with Crippen LogP contribution < -0.4 is 0 Å². The fourth-order valence-electron chi connectivity index (χ4n) is 1.97. The summed E-state index contributed by atoms with van der Waals surface area (Å²) in [4.78, 5) is 3.35. The third-order valence-corrected chi connectivity index (χ3v) is 3.59. The number of hydrogen-bond donors (Lipinski definition) is 0.